The molecule has 1 saturated heterocycles. The van der Waals surface area contributed by atoms with Crippen LogP contribution in [0.3, 0.4) is 0 Å². The summed E-state index contributed by atoms with van der Waals surface area (Å²) in [6.45, 7) is 7.12. The Morgan fingerprint density at radius 2 is 1.11 bits per heavy atom. The van der Waals surface area contributed by atoms with E-state index in [9.17, 15) is 0 Å². The summed E-state index contributed by atoms with van der Waals surface area (Å²) in [5, 5.41) is 8.84. The largest absolute Gasteiger partial charge is 0.396 e. The molecule has 0 aromatic heterocycles. The molecule has 0 spiro atoms. The normalized spacial score (nSPS) is 19.8. The van der Waals surface area contributed by atoms with Gasteiger partial charge in [-0.3, -0.25) is 0 Å². The van der Waals surface area contributed by atoms with Crippen molar-refractivity contribution < 1.29 is 24.1 Å². The van der Waals surface area contributed by atoms with Crippen LogP contribution in [0.15, 0.2) is 0 Å². The van der Waals surface area contributed by atoms with Gasteiger partial charge in [0.2, 0.25) is 0 Å². The SMILES string of the molecule is CCCCCCCCCC[C@@H]1OC(C)(C)O[C@H]1CC[C@H](CCCCCCCCCCCCCO)OCOC. The van der Waals surface area contributed by atoms with Crippen LogP contribution in [0.1, 0.15) is 168 Å². The lowest BCUT2D eigenvalue weighted by atomic mass is 9.98. The lowest BCUT2D eigenvalue weighted by Crippen LogP contribution is -2.25. The van der Waals surface area contributed by atoms with Crippen molar-refractivity contribution in [1.29, 1.82) is 0 Å². The molecule has 3 atom stereocenters. The van der Waals surface area contributed by atoms with E-state index in [0.29, 0.717) is 13.4 Å². The molecule has 1 N–H and O–H groups in total. The molecule has 228 valence electrons. The molecule has 5 nitrogen and oxygen atoms in total. The number of ether oxygens (including phenoxy) is 4. The van der Waals surface area contributed by atoms with Crippen molar-refractivity contribution >= 4 is 0 Å². The van der Waals surface area contributed by atoms with Gasteiger partial charge in [-0.2, -0.15) is 0 Å². The van der Waals surface area contributed by atoms with Gasteiger partial charge in [-0.05, 0) is 46.0 Å². The standard InChI is InChI=1S/C33H66O5/c1-5-6-7-8-9-16-19-22-25-31-32(38-33(2,3)37-31)27-26-30(36-29-35-4)24-21-18-15-13-11-10-12-14-17-20-23-28-34/h30-32,34H,5-29H2,1-4H3/t30-,31-,32-/m0/s1. The Morgan fingerprint density at radius 3 is 1.63 bits per heavy atom. The van der Waals surface area contributed by atoms with E-state index in [4.69, 9.17) is 24.1 Å². The second kappa shape index (κ2) is 24.6. The van der Waals surface area contributed by atoms with Crippen LogP contribution in [-0.4, -0.2) is 49.7 Å². The number of aliphatic hydroxyl groups is 1. The third-order valence-electron chi connectivity index (χ3n) is 8.01. The van der Waals surface area contributed by atoms with Crippen LogP contribution in [-0.2, 0) is 18.9 Å². The summed E-state index contributed by atoms with van der Waals surface area (Å²) in [7, 11) is 1.71. The van der Waals surface area contributed by atoms with E-state index in [2.05, 4.69) is 20.8 Å². The highest BCUT2D eigenvalue weighted by Gasteiger charge is 2.40. The van der Waals surface area contributed by atoms with Crippen molar-refractivity contribution in [3.63, 3.8) is 0 Å². The first-order valence-electron chi connectivity index (χ1n) is 16.6. The number of aliphatic hydroxyl groups excluding tert-OH is 1. The van der Waals surface area contributed by atoms with E-state index in [1.165, 1.54) is 116 Å². The number of hydrogen-bond donors (Lipinski definition) is 1. The molecule has 38 heavy (non-hydrogen) atoms. The van der Waals surface area contributed by atoms with Gasteiger partial charge >= 0.3 is 0 Å². The minimum absolute atomic E-state index is 0.173. The predicted octanol–water partition coefficient (Wildman–Crippen LogP) is 9.48. The van der Waals surface area contributed by atoms with Crippen molar-refractivity contribution in [3.8, 4) is 0 Å². The smallest absolute Gasteiger partial charge is 0.163 e. The van der Waals surface area contributed by atoms with Crippen LogP contribution in [0.25, 0.3) is 0 Å². The highest BCUT2D eigenvalue weighted by Crippen LogP contribution is 2.34. The third kappa shape index (κ3) is 19.8. The van der Waals surface area contributed by atoms with E-state index >= 15 is 0 Å². The van der Waals surface area contributed by atoms with Gasteiger partial charge in [0, 0.05) is 13.7 Å². The summed E-state index contributed by atoms with van der Waals surface area (Å²) in [5.41, 5.74) is 0. The van der Waals surface area contributed by atoms with E-state index in [-0.39, 0.29) is 18.3 Å². The molecule has 1 aliphatic rings. The Kier molecular flexibility index (Phi) is 23.2. The van der Waals surface area contributed by atoms with Gasteiger partial charge < -0.3 is 24.1 Å². The lowest BCUT2D eigenvalue weighted by molar-refractivity contribution is -0.148. The maximum absolute atomic E-state index is 8.84. The van der Waals surface area contributed by atoms with Crippen molar-refractivity contribution in [3.05, 3.63) is 0 Å². The van der Waals surface area contributed by atoms with Crippen LogP contribution < -0.4 is 0 Å². The van der Waals surface area contributed by atoms with Crippen LogP contribution >= 0.6 is 0 Å². The molecular weight excluding hydrogens is 476 g/mol. The van der Waals surface area contributed by atoms with Crippen LogP contribution in [0.5, 0.6) is 0 Å². The summed E-state index contributed by atoms with van der Waals surface area (Å²) in [5.74, 6) is -0.474. The summed E-state index contributed by atoms with van der Waals surface area (Å²) < 4.78 is 23.9. The number of methoxy groups -OCH3 is 1. The Hall–Kier alpha value is -0.200. The average molecular weight is 543 g/mol. The Morgan fingerprint density at radius 1 is 0.632 bits per heavy atom. The molecule has 0 radical (unpaired) electrons. The Bertz CT molecular complexity index is 498. The zero-order chi connectivity index (χ0) is 27.7. The minimum atomic E-state index is -0.474. The maximum atomic E-state index is 8.84. The second-order valence-corrected chi connectivity index (χ2v) is 12.1. The first-order valence-corrected chi connectivity index (χ1v) is 16.6. The molecule has 1 aliphatic heterocycles. The quantitative estimate of drug-likeness (QED) is 0.0788. The molecule has 0 aromatic carbocycles. The summed E-state index contributed by atoms with van der Waals surface area (Å²) in [6.07, 6.45) is 29.6. The predicted molar refractivity (Wildman–Crippen MR) is 160 cm³/mol. The highest BCUT2D eigenvalue weighted by molar-refractivity contribution is 4.82. The molecule has 0 bridgehead atoms. The molecule has 1 heterocycles. The molecule has 0 unspecified atom stereocenters. The van der Waals surface area contributed by atoms with Crippen LogP contribution in [0.2, 0.25) is 0 Å². The maximum Gasteiger partial charge on any atom is 0.163 e. The van der Waals surface area contributed by atoms with E-state index in [0.717, 1.165) is 32.1 Å². The highest BCUT2D eigenvalue weighted by atomic mass is 16.7. The van der Waals surface area contributed by atoms with Crippen LogP contribution in [0, 0.1) is 0 Å². The summed E-state index contributed by atoms with van der Waals surface area (Å²) in [6, 6.07) is 0. The van der Waals surface area contributed by atoms with E-state index in [1.54, 1.807) is 7.11 Å². The first kappa shape index (κ1) is 35.8. The molecule has 0 saturated carbocycles. The van der Waals surface area contributed by atoms with Gasteiger partial charge in [0.25, 0.3) is 0 Å². The monoisotopic (exact) mass is 542 g/mol. The van der Waals surface area contributed by atoms with Gasteiger partial charge in [0.05, 0.1) is 18.3 Å². The zero-order valence-corrected chi connectivity index (χ0v) is 26.0. The lowest BCUT2D eigenvalue weighted by Gasteiger charge is -2.22. The first-order chi connectivity index (χ1) is 18.5. The van der Waals surface area contributed by atoms with Gasteiger partial charge in [0.15, 0.2) is 5.79 Å². The van der Waals surface area contributed by atoms with Crippen LogP contribution in [0.4, 0.5) is 0 Å². The summed E-state index contributed by atoms with van der Waals surface area (Å²) in [4.78, 5) is 0. The molecule has 1 rings (SSSR count). The Labute approximate surface area is 237 Å². The van der Waals surface area contributed by atoms with Gasteiger partial charge in [-0.1, -0.05) is 122 Å². The van der Waals surface area contributed by atoms with Crippen molar-refractivity contribution in [2.45, 2.75) is 193 Å². The average Bonchev–Trinajstić information content (AvgIpc) is 3.20. The van der Waals surface area contributed by atoms with Gasteiger partial charge in [-0.25, -0.2) is 0 Å². The molecule has 1 fully saturated rings. The minimum Gasteiger partial charge on any atom is -0.396 e. The fourth-order valence-electron chi connectivity index (χ4n) is 5.78. The van der Waals surface area contributed by atoms with E-state index in [1.807, 2.05) is 0 Å². The topological polar surface area (TPSA) is 57.2 Å². The fraction of sp³-hybridized carbons (Fsp3) is 1.00. The molecule has 0 amide bonds. The molecule has 0 aliphatic carbocycles. The second-order valence-electron chi connectivity index (χ2n) is 12.1. The van der Waals surface area contributed by atoms with Crippen molar-refractivity contribution in [2.24, 2.45) is 0 Å². The number of unbranched alkanes of at least 4 members (excludes halogenated alkanes) is 17. The van der Waals surface area contributed by atoms with Gasteiger partial charge in [-0.15, -0.1) is 0 Å². The number of rotatable bonds is 28. The van der Waals surface area contributed by atoms with Crippen molar-refractivity contribution in [1.82, 2.24) is 0 Å². The zero-order valence-electron chi connectivity index (χ0n) is 26.0. The summed E-state index contributed by atoms with van der Waals surface area (Å²) >= 11 is 0. The molecular formula is C33H66O5. The molecule has 0 aromatic rings. The van der Waals surface area contributed by atoms with Gasteiger partial charge in [0.1, 0.15) is 6.79 Å². The van der Waals surface area contributed by atoms with E-state index < -0.39 is 5.79 Å². The van der Waals surface area contributed by atoms with Crippen molar-refractivity contribution in [2.75, 3.05) is 20.5 Å². The number of hydrogen-bond acceptors (Lipinski definition) is 5. The Balaban J connectivity index is 2.22. The fourth-order valence-corrected chi connectivity index (χ4v) is 5.78. The third-order valence-corrected chi connectivity index (χ3v) is 8.01. The molecule has 5 heteroatoms.